The molecule has 0 N–H and O–H groups in total. The number of amides is 2. The number of Topliss-reactive ketones (excluding diaryl/α,β-unsaturated/α-hetero) is 1. The van der Waals surface area contributed by atoms with Crippen molar-refractivity contribution < 1.29 is 19.1 Å². The van der Waals surface area contributed by atoms with Crippen molar-refractivity contribution in [3.63, 3.8) is 0 Å². The van der Waals surface area contributed by atoms with Crippen LogP contribution in [0, 0.1) is 49.4 Å². The average Bonchev–Trinajstić information content (AvgIpc) is 3.74. The highest BCUT2D eigenvalue weighted by Gasteiger charge is 2.67. The molecule has 0 spiro atoms. The molecule has 8 unspecified atom stereocenters. The first kappa shape index (κ1) is 19.4. The Morgan fingerprint density at radius 3 is 2.12 bits per heavy atom. The number of imide groups is 1. The van der Waals surface area contributed by atoms with Gasteiger partial charge >= 0.3 is 0 Å². The van der Waals surface area contributed by atoms with Gasteiger partial charge in [-0.2, -0.15) is 0 Å². The number of nitrogens with zero attached hydrogens (tertiary/aromatic N) is 1. The van der Waals surface area contributed by atoms with Gasteiger partial charge in [0.15, 0.2) is 11.9 Å². The van der Waals surface area contributed by atoms with E-state index in [1.807, 2.05) is 56.3 Å². The number of anilines is 1. The van der Waals surface area contributed by atoms with Crippen LogP contribution in [0.2, 0.25) is 0 Å². The summed E-state index contributed by atoms with van der Waals surface area (Å²) in [5, 5.41) is 0. The molecule has 5 heteroatoms. The molecule has 8 rings (SSSR count). The minimum atomic E-state index is -0.482. The molecule has 2 aromatic rings. The fourth-order valence-corrected chi connectivity index (χ4v) is 6.65. The zero-order valence-corrected chi connectivity index (χ0v) is 18.6. The fourth-order valence-electron chi connectivity index (χ4n) is 6.65. The molecule has 8 atom stereocenters. The summed E-state index contributed by atoms with van der Waals surface area (Å²) in [4.78, 5) is 40.8. The first-order chi connectivity index (χ1) is 15.9. The van der Waals surface area contributed by atoms with Crippen molar-refractivity contribution in [2.75, 3.05) is 4.90 Å². The predicted molar refractivity (Wildman–Crippen MR) is 121 cm³/mol. The van der Waals surface area contributed by atoms with E-state index < -0.39 is 6.10 Å². The monoisotopic (exact) mass is 439 g/mol. The molecule has 5 nitrogen and oxygen atoms in total. The molecule has 0 radical (unpaired) electrons. The Morgan fingerprint density at radius 1 is 0.879 bits per heavy atom. The molecule has 2 aromatic carbocycles. The van der Waals surface area contributed by atoms with Crippen LogP contribution in [-0.4, -0.2) is 23.7 Å². The fraction of sp³-hybridized carbons (Fsp3) is 0.393. The molecule has 2 saturated heterocycles. The minimum absolute atomic E-state index is 0.0114. The molecule has 2 saturated carbocycles. The highest BCUT2D eigenvalue weighted by atomic mass is 16.6. The van der Waals surface area contributed by atoms with E-state index in [1.165, 1.54) is 4.90 Å². The van der Waals surface area contributed by atoms with Crippen molar-refractivity contribution in [3.8, 4) is 0 Å². The van der Waals surface area contributed by atoms with E-state index in [2.05, 4.69) is 12.2 Å². The largest absolute Gasteiger partial charge is 0.356 e. The molecule has 33 heavy (non-hydrogen) atoms. The maximum atomic E-state index is 13.3. The van der Waals surface area contributed by atoms with E-state index in [1.54, 1.807) is 0 Å². The smallest absolute Gasteiger partial charge is 0.238 e. The van der Waals surface area contributed by atoms with E-state index in [0.29, 0.717) is 23.1 Å². The van der Waals surface area contributed by atoms with Crippen molar-refractivity contribution in [1.82, 2.24) is 0 Å². The Balaban J connectivity index is 1.09. The number of ketones is 1. The van der Waals surface area contributed by atoms with Crippen LogP contribution < -0.4 is 4.90 Å². The van der Waals surface area contributed by atoms with Gasteiger partial charge in [0.1, 0.15) is 6.10 Å². The maximum Gasteiger partial charge on any atom is 0.238 e. The van der Waals surface area contributed by atoms with Crippen LogP contribution in [0.15, 0.2) is 54.6 Å². The molecule has 2 bridgehead atoms. The summed E-state index contributed by atoms with van der Waals surface area (Å²) in [6.45, 7) is 4.02. The van der Waals surface area contributed by atoms with Gasteiger partial charge in [-0.05, 0) is 78.8 Å². The van der Waals surface area contributed by atoms with Gasteiger partial charge in [-0.3, -0.25) is 19.3 Å². The molecule has 2 heterocycles. The molecule has 2 aliphatic heterocycles. The van der Waals surface area contributed by atoms with Gasteiger partial charge in [0, 0.05) is 5.56 Å². The van der Waals surface area contributed by atoms with E-state index in [0.717, 1.165) is 23.1 Å². The number of ether oxygens (including phenoxy) is 1. The highest BCUT2D eigenvalue weighted by Crippen LogP contribution is 2.65. The number of carbonyl (C=O) groups is 3. The van der Waals surface area contributed by atoms with E-state index in [9.17, 15) is 14.4 Å². The lowest BCUT2D eigenvalue weighted by Gasteiger charge is -2.37. The molecule has 2 amide bonds. The molecular weight excluding hydrogens is 414 g/mol. The number of hydrogen-bond donors (Lipinski definition) is 0. The molecule has 4 fully saturated rings. The minimum Gasteiger partial charge on any atom is -0.356 e. The molecule has 6 aliphatic rings. The lowest BCUT2D eigenvalue weighted by molar-refractivity contribution is -0.124. The van der Waals surface area contributed by atoms with Crippen molar-refractivity contribution >= 4 is 23.3 Å². The maximum absolute atomic E-state index is 13.3. The van der Waals surface area contributed by atoms with Gasteiger partial charge in [-0.25, -0.2) is 0 Å². The van der Waals surface area contributed by atoms with E-state index >= 15 is 0 Å². The molecule has 0 aromatic heterocycles. The van der Waals surface area contributed by atoms with Crippen LogP contribution in [0.4, 0.5) is 5.69 Å². The third-order valence-electron chi connectivity index (χ3n) is 8.68. The number of aryl methyl sites for hydroxylation is 2. The summed E-state index contributed by atoms with van der Waals surface area (Å²) in [6, 6.07) is 13.1. The standard InChI is InChI=1S/C28H25NO4/c1-13-3-4-16(11-14(13)2)24(30)26-25(33-26)15-5-7-17(8-6-15)29-27(31)22-18-9-10-19(21-12-20(18)21)23(22)28(29)32/h3-11,18-23,25-26H,12H2,1-2H3. The van der Waals surface area contributed by atoms with Crippen molar-refractivity contribution in [2.24, 2.45) is 35.5 Å². The molecule has 166 valence electrons. The zero-order chi connectivity index (χ0) is 22.6. The predicted octanol–water partition coefficient (Wildman–Crippen LogP) is 4.18. The Labute approximate surface area is 192 Å². The van der Waals surface area contributed by atoms with Crippen LogP contribution in [0.3, 0.4) is 0 Å². The quantitative estimate of drug-likeness (QED) is 0.310. The second-order valence-electron chi connectivity index (χ2n) is 10.4. The van der Waals surface area contributed by atoms with Gasteiger partial charge in [-0.1, -0.05) is 36.4 Å². The summed E-state index contributed by atoms with van der Waals surface area (Å²) in [5.41, 5.74) is 4.42. The third-order valence-corrected chi connectivity index (χ3v) is 8.68. The van der Waals surface area contributed by atoms with Gasteiger partial charge in [-0.15, -0.1) is 0 Å². The second-order valence-corrected chi connectivity index (χ2v) is 10.4. The SMILES string of the molecule is Cc1ccc(C(=O)C2OC2c2ccc(N3C(=O)C4C5C=CC(C6CC56)C4C3=O)cc2)cc1C. The first-order valence-corrected chi connectivity index (χ1v) is 11.9. The van der Waals surface area contributed by atoms with Crippen molar-refractivity contribution in [3.05, 3.63) is 76.9 Å². The normalized spacial score (nSPS) is 37.2. The summed E-state index contributed by atoms with van der Waals surface area (Å²) in [6.07, 6.45) is 4.77. The number of benzene rings is 2. The van der Waals surface area contributed by atoms with Gasteiger partial charge in [0.25, 0.3) is 0 Å². The van der Waals surface area contributed by atoms with Crippen LogP contribution >= 0.6 is 0 Å². The molecule has 4 aliphatic carbocycles. The summed E-state index contributed by atoms with van der Waals surface area (Å²) in [7, 11) is 0. The number of carbonyl (C=O) groups excluding carboxylic acids is 3. The first-order valence-electron chi connectivity index (χ1n) is 11.9. The van der Waals surface area contributed by atoms with Crippen molar-refractivity contribution in [2.45, 2.75) is 32.5 Å². The van der Waals surface area contributed by atoms with E-state index in [-0.39, 0.29) is 47.4 Å². The van der Waals surface area contributed by atoms with Crippen LogP contribution in [0.25, 0.3) is 0 Å². The lowest BCUT2D eigenvalue weighted by atomic mass is 9.63. The zero-order valence-electron chi connectivity index (χ0n) is 18.6. The van der Waals surface area contributed by atoms with Gasteiger partial charge < -0.3 is 4.74 Å². The van der Waals surface area contributed by atoms with Gasteiger partial charge in [0.2, 0.25) is 11.8 Å². The topological polar surface area (TPSA) is 67.0 Å². The molecular formula is C28H25NO4. The number of allylic oxidation sites excluding steroid dienone is 2. The summed E-state index contributed by atoms with van der Waals surface area (Å²) < 4.78 is 5.72. The Bertz CT molecular complexity index is 1230. The third kappa shape index (κ3) is 2.66. The van der Waals surface area contributed by atoms with Gasteiger partial charge in [0.05, 0.1) is 17.5 Å². The van der Waals surface area contributed by atoms with Crippen LogP contribution in [-0.2, 0) is 14.3 Å². The Morgan fingerprint density at radius 2 is 1.52 bits per heavy atom. The van der Waals surface area contributed by atoms with Crippen molar-refractivity contribution in [1.29, 1.82) is 0 Å². The Kier molecular flexibility index (Phi) is 3.83. The number of epoxide rings is 1. The number of hydrogen-bond acceptors (Lipinski definition) is 4. The van der Waals surface area contributed by atoms with E-state index in [4.69, 9.17) is 4.74 Å². The average molecular weight is 440 g/mol. The van der Waals surface area contributed by atoms with Crippen LogP contribution in [0.1, 0.15) is 39.6 Å². The highest BCUT2D eigenvalue weighted by molar-refractivity contribution is 6.22. The summed E-state index contributed by atoms with van der Waals surface area (Å²) in [5.74, 6) is 1.15. The second kappa shape index (κ2) is 6.51. The summed E-state index contributed by atoms with van der Waals surface area (Å²) >= 11 is 0. The lowest BCUT2D eigenvalue weighted by Crippen LogP contribution is -2.40. The number of rotatable bonds is 4. The van der Waals surface area contributed by atoms with Crippen LogP contribution in [0.5, 0.6) is 0 Å². The Hall–Kier alpha value is -3.05.